The second-order valence-electron chi connectivity index (χ2n) is 4.76. The second kappa shape index (κ2) is 5.85. The number of aliphatic hydroxyl groups is 1. The van der Waals surface area contributed by atoms with E-state index in [1.54, 1.807) is 13.8 Å². The van der Waals surface area contributed by atoms with E-state index in [-0.39, 0.29) is 17.7 Å². The van der Waals surface area contributed by atoms with Gasteiger partial charge in [-0.2, -0.15) is 0 Å². The Hall–Kier alpha value is -1.18. The highest BCUT2D eigenvalue weighted by Crippen LogP contribution is 2.21. The standard InChI is InChI=1S/C12H19FN2O3S/c1-7-4-10(14)6-11(12(7)13)19(17,18)15-8(2)5-9(3)16/h4,6,8-9,15-16H,5,14H2,1-3H3. The molecule has 0 aliphatic carbocycles. The summed E-state index contributed by atoms with van der Waals surface area (Å²) in [5.41, 5.74) is 5.89. The van der Waals surface area contributed by atoms with Crippen LogP contribution in [0.2, 0.25) is 0 Å². The van der Waals surface area contributed by atoms with Crippen LogP contribution in [0.3, 0.4) is 0 Å². The van der Waals surface area contributed by atoms with Crippen molar-refractivity contribution in [1.29, 1.82) is 0 Å². The maximum Gasteiger partial charge on any atom is 0.243 e. The van der Waals surface area contributed by atoms with E-state index in [9.17, 15) is 17.9 Å². The average molecular weight is 290 g/mol. The minimum absolute atomic E-state index is 0.170. The lowest BCUT2D eigenvalue weighted by Crippen LogP contribution is -2.35. The van der Waals surface area contributed by atoms with Crippen molar-refractivity contribution in [3.63, 3.8) is 0 Å². The summed E-state index contributed by atoms with van der Waals surface area (Å²) >= 11 is 0. The number of anilines is 1. The van der Waals surface area contributed by atoms with E-state index < -0.39 is 32.9 Å². The maximum atomic E-state index is 13.9. The predicted octanol–water partition coefficient (Wildman–Crippen LogP) is 1.15. The molecule has 1 rings (SSSR count). The Kier molecular flexibility index (Phi) is 4.89. The molecule has 1 aromatic carbocycles. The summed E-state index contributed by atoms with van der Waals surface area (Å²) in [7, 11) is -4.00. The number of rotatable bonds is 5. The second-order valence-corrected chi connectivity index (χ2v) is 6.44. The van der Waals surface area contributed by atoms with Crippen LogP contribution in [0.1, 0.15) is 25.8 Å². The lowest BCUT2D eigenvalue weighted by molar-refractivity contribution is 0.175. The van der Waals surface area contributed by atoms with Crippen LogP contribution in [0.5, 0.6) is 0 Å². The maximum absolute atomic E-state index is 13.9. The van der Waals surface area contributed by atoms with E-state index in [1.807, 2.05) is 0 Å². The molecule has 1 aromatic rings. The summed E-state index contributed by atoms with van der Waals surface area (Å²) in [6.07, 6.45) is -0.410. The molecule has 0 saturated carbocycles. The van der Waals surface area contributed by atoms with Crippen LogP contribution in [-0.4, -0.2) is 25.7 Å². The number of halogens is 1. The fourth-order valence-corrected chi connectivity index (χ4v) is 3.29. The third-order valence-corrected chi connectivity index (χ3v) is 4.17. The largest absolute Gasteiger partial charge is 0.399 e. The van der Waals surface area contributed by atoms with Gasteiger partial charge in [0, 0.05) is 11.7 Å². The van der Waals surface area contributed by atoms with Crippen LogP contribution < -0.4 is 10.5 Å². The molecule has 19 heavy (non-hydrogen) atoms. The molecule has 7 heteroatoms. The van der Waals surface area contributed by atoms with Crippen LogP contribution in [-0.2, 0) is 10.0 Å². The van der Waals surface area contributed by atoms with Gasteiger partial charge in [0.05, 0.1) is 6.10 Å². The summed E-state index contributed by atoms with van der Waals surface area (Å²) in [5, 5.41) is 9.20. The number of sulfonamides is 1. The fourth-order valence-electron chi connectivity index (χ4n) is 1.85. The molecule has 0 radical (unpaired) electrons. The number of nitrogen functional groups attached to an aromatic ring is 1. The van der Waals surface area contributed by atoms with E-state index >= 15 is 0 Å². The zero-order chi connectivity index (χ0) is 14.8. The van der Waals surface area contributed by atoms with Crippen molar-refractivity contribution in [2.24, 2.45) is 0 Å². The fraction of sp³-hybridized carbons (Fsp3) is 0.500. The summed E-state index contributed by atoms with van der Waals surface area (Å²) in [6.45, 7) is 4.60. The van der Waals surface area contributed by atoms with Crippen molar-refractivity contribution in [3.05, 3.63) is 23.5 Å². The first-order chi connectivity index (χ1) is 8.63. The van der Waals surface area contributed by atoms with Gasteiger partial charge in [0.2, 0.25) is 10.0 Å². The molecule has 0 aliphatic heterocycles. The highest BCUT2D eigenvalue weighted by atomic mass is 32.2. The Labute approximate surface area is 112 Å². The van der Waals surface area contributed by atoms with E-state index in [1.165, 1.54) is 13.0 Å². The lowest BCUT2D eigenvalue weighted by atomic mass is 10.2. The highest BCUT2D eigenvalue weighted by Gasteiger charge is 2.23. The van der Waals surface area contributed by atoms with E-state index in [4.69, 9.17) is 5.73 Å². The Morgan fingerprint density at radius 3 is 2.53 bits per heavy atom. The van der Waals surface area contributed by atoms with Gasteiger partial charge in [-0.15, -0.1) is 0 Å². The summed E-state index contributed by atoms with van der Waals surface area (Å²) < 4.78 is 40.3. The van der Waals surface area contributed by atoms with Crippen LogP contribution in [0.4, 0.5) is 10.1 Å². The van der Waals surface area contributed by atoms with Gasteiger partial charge in [0.15, 0.2) is 0 Å². The first-order valence-corrected chi connectivity index (χ1v) is 7.38. The minimum atomic E-state index is -4.00. The summed E-state index contributed by atoms with van der Waals surface area (Å²) in [6, 6.07) is 1.94. The average Bonchev–Trinajstić information content (AvgIpc) is 2.20. The molecule has 0 aliphatic rings. The van der Waals surface area contributed by atoms with E-state index in [0.717, 1.165) is 6.07 Å². The van der Waals surface area contributed by atoms with Gasteiger partial charge in [0.1, 0.15) is 10.7 Å². The molecule has 0 aromatic heterocycles. The first kappa shape index (κ1) is 15.9. The molecule has 0 spiro atoms. The third-order valence-electron chi connectivity index (χ3n) is 2.58. The van der Waals surface area contributed by atoms with Crippen molar-refractivity contribution in [2.45, 2.75) is 44.2 Å². The molecule has 2 atom stereocenters. The van der Waals surface area contributed by atoms with Gasteiger partial charge in [-0.05, 0) is 44.9 Å². The predicted molar refractivity (Wildman–Crippen MR) is 71.6 cm³/mol. The highest BCUT2D eigenvalue weighted by molar-refractivity contribution is 7.89. The van der Waals surface area contributed by atoms with Crippen molar-refractivity contribution in [1.82, 2.24) is 4.72 Å². The Morgan fingerprint density at radius 1 is 1.42 bits per heavy atom. The number of hydrogen-bond donors (Lipinski definition) is 3. The SMILES string of the molecule is Cc1cc(N)cc(S(=O)(=O)NC(C)CC(C)O)c1F. The number of aryl methyl sites for hydroxylation is 1. The van der Waals surface area contributed by atoms with Crippen LogP contribution in [0.25, 0.3) is 0 Å². The molecule has 0 bridgehead atoms. The molecule has 5 nitrogen and oxygen atoms in total. The van der Waals surface area contributed by atoms with Gasteiger partial charge >= 0.3 is 0 Å². The molecule has 108 valence electrons. The lowest BCUT2D eigenvalue weighted by Gasteiger charge is -2.16. The number of aliphatic hydroxyl groups excluding tert-OH is 1. The van der Waals surface area contributed by atoms with Crippen LogP contribution in [0, 0.1) is 12.7 Å². The number of nitrogens with two attached hydrogens (primary N) is 1. The van der Waals surface area contributed by atoms with Gasteiger partial charge in [0.25, 0.3) is 0 Å². The Morgan fingerprint density at radius 2 is 2.00 bits per heavy atom. The topological polar surface area (TPSA) is 92.4 Å². The molecule has 0 fully saturated rings. The molecule has 0 amide bonds. The van der Waals surface area contributed by atoms with E-state index in [2.05, 4.69) is 4.72 Å². The summed E-state index contributed by atoms with van der Waals surface area (Å²) in [4.78, 5) is -0.470. The normalized spacial score (nSPS) is 15.2. The number of benzene rings is 1. The molecule has 4 N–H and O–H groups in total. The molecule has 0 heterocycles. The number of nitrogens with one attached hydrogen (secondary N) is 1. The van der Waals surface area contributed by atoms with Crippen molar-refractivity contribution >= 4 is 15.7 Å². The van der Waals surface area contributed by atoms with Gasteiger partial charge in [-0.1, -0.05) is 0 Å². The Bertz CT molecular complexity index is 558. The zero-order valence-corrected chi connectivity index (χ0v) is 12.0. The van der Waals surface area contributed by atoms with Crippen molar-refractivity contribution in [2.75, 3.05) is 5.73 Å². The molecular formula is C12H19FN2O3S. The Balaban J connectivity index is 3.07. The molecule has 2 unspecified atom stereocenters. The van der Waals surface area contributed by atoms with Gasteiger partial charge in [-0.3, -0.25) is 0 Å². The summed E-state index contributed by atoms with van der Waals surface area (Å²) in [5.74, 6) is -0.814. The molecular weight excluding hydrogens is 271 g/mol. The quantitative estimate of drug-likeness (QED) is 0.709. The van der Waals surface area contributed by atoms with Gasteiger partial charge < -0.3 is 10.8 Å². The van der Waals surface area contributed by atoms with Crippen molar-refractivity contribution in [3.8, 4) is 0 Å². The van der Waals surface area contributed by atoms with Crippen LogP contribution in [0.15, 0.2) is 17.0 Å². The minimum Gasteiger partial charge on any atom is -0.399 e. The van der Waals surface area contributed by atoms with Crippen LogP contribution >= 0.6 is 0 Å². The van der Waals surface area contributed by atoms with Gasteiger partial charge in [-0.25, -0.2) is 17.5 Å². The molecule has 0 saturated heterocycles. The van der Waals surface area contributed by atoms with Crippen molar-refractivity contribution < 1.29 is 17.9 Å². The first-order valence-electron chi connectivity index (χ1n) is 5.89. The third kappa shape index (κ3) is 4.15. The smallest absolute Gasteiger partial charge is 0.243 e. The van der Waals surface area contributed by atoms with E-state index in [0.29, 0.717) is 0 Å². The number of hydrogen-bond acceptors (Lipinski definition) is 4. The monoisotopic (exact) mass is 290 g/mol. The zero-order valence-electron chi connectivity index (χ0n) is 11.1.